The zero-order valence-corrected chi connectivity index (χ0v) is 12.0. The summed E-state index contributed by atoms with van der Waals surface area (Å²) in [5, 5.41) is 0. The second-order valence-corrected chi connectivity index (χ2v) is 5.67. The van der Waals surface area contributed by atoms with E-state index in [-0.39, 0.29) is 0 Å². The molecule has 1 nitrogen and oxygen atoms in total. The Labute approximate surface area is 106 Å². The average molecular weight is 234 g/mol. The van der Waals surface area contributed by atoms with E-state index in [0.717, 1.165) is 0 Å². The van der Waals surface area contributed by atoms with Crippen LogP contribution in [0.5, 0.6) is 0 Å². The monoisotopic (exact) mass is 234 g/mol. The maximum Gasteiger partial charge on any atom is 0.0649 e. The first-order valence-electron chi connectivity index (χ1n) is 6.51. The topological polar surface area (TPSA) is 9.23 Å². The molecule has 0 amide bonds. The van der Waals surface area contributed by atoms with Gasteiger partial charge in [-0.05, 0) is 44.1 Å². The van der Waals surface area contributed by atoms with Gasteiger partial charge in [0.1, 0.15) is 0 Å². The quantitative estimate of drug-likeness (QED) is 0.643. The maximum absolute atomic E-state index is 5.04. The molecular formula is C16H26O. The van der Waals surface area contributed by atoms with Gasteiger partial charge in [0.15, 0.2) is 0 Å². The van der Waals surface area contributed by atoms with Crippen LogP contribution in [0.4, 0.5) is 0 Å². The molecule has 0 N–H and O–H groups in total. The summed E-state index contributed by atoms with van der Waals surface area (Å²) in [7, 11) is 1.73. The Morgan fingerprint density at radius 1 is 1.41 bits per heavy atom. The summed E-state index contributed by atoms with van der Waals surface area (Å²) in [6, 6.07) is 0. The van der Waals surface area contributed by atoms with Gasteiger partial charge in [0.05, 0.1) is 6.61 Å². The number of hydrogen-bond acceptors (Lipinski definition) is 1. The number of hydrogen-bond donors (Lipinski definition) is 0. The van der Waals surface area contributed by atoms with Crippen molar-refractivity contribution in [3.63, 3.8) is 0 Å². The molecule has 0 aromatic heterocycles. The Balaban J connectivity index is 2.82. The van der Waals surface area contributed by atoms with E-state index in [2.05, 4.69) is 45.9 Å². The standard InChI is InChI=1S/C16H26O/c1-13(10-12-17-5)8-9-15-14(2)7-6-11-16(15,3)4/h8-10H,6-7,11-12H2,1-5H3/b9-8+,13-10+. The highest BCUT2D eigenvalue weighted by molar-refractivity contribution is 5.35. The van der Waals surface area contributed by atoms with Crippen LogP contribution < -0.4 is 0 Å². The summed E-state index contributed by atoms with van der Waals surface area (Å²) in [4.78, 5) is 0. The van der Waals surface area contributed by atoms with Gasteiger partial charge in [-0.2, -0.15) is 0 Å². The number of allylic oxidation sites excluding steroid dienone is 5. The van der Waals surface area contributed by atoms with E-state index >= 15 is 0 Å². The van der Waals surface area contributed by atoms with Crippen molar-refractivity contribution in [3.8, 4) is 0 Å². The first kappa shape index (κ1) is 14.2. The highest BCUT2D eigenvalue weighted by Gasteiger charge is 2.26. The van der Waals surface area contributed by atoms with Crippen LogP contribution in [-0.4, -0.2) is 13.7 Å². The SMILES string of the molecule is COC/C=C(C)/C=C/C1=C(C)CCCC1(C)C. The van der Waals surface area contributed by atoms with E-state index < -0.39 is 0 Å². The molecule has 0 radical (unpaired) electrons. The third-order valence-corrected chi connectivity index (χ3v) is 3.63. The minimum absolute atomic E-state index is 0.334. The molecule has 0 aliphatic heterocycles. The van der Waals surface area contributed by atoms with E-state index in [9.17, 15) is 0 Å². The first-order valence-corrected chi connectivity index (χ1v) is 6.51. The Hall–Kier alpha value is -0.820. The van der Waals surface area contributed by atoms with Crippen molar-refractivity contribution in [1.29, 1.82) is 0 Å². The second-order valence-electron chi connectivity index (χ2n) is 5.67. The lowest BCUT2D eigenvalue weighted by atomic mass is 9.72. The largest absolute Gasteiger partial charge is 0.381 e. The van der Waals surface area contributed by atoms with Gasteiger partial charge >= 0.3 is 0 Å². The Morgan fingerprint density at radius 3 is 2.71 bits per heavy atom. The number of rotatable bonds is 4. The molecule has 0 spiro atoms. The molecule has 0 fully saturated rings. The van der Waals surface area contributed by atoms with Gasteiger partial charge < -0.3 is 4.74 Å². The molecule has 1 rings (SSSR count). The summed E-state index contributed by atoms with van der Waals surface area (Å²) >= 11 is 0. The van der Waals surface area contributed by atoms with Gasteiger partial charge in [0, 0.05) is 7.11 Å². The molecule has 0 aromatic carbocycles. The predicted molar refractivity (Wildman–Crippen MR) is 75.1 cm³/mol. The van der Waals surface area contributed by atoms with Gasteiger partial charge in [-0.3, -0.25) is 0 Å². The van der Waals surface area contributed by atoms with Gasteiger partial charge in [-0.15, -0.1) is 0 Å². The first-order chi connectivity index (χ1) is 7.97. The lowest BCUT2D eigenvalue weighted by Gasteiger charge is -2.32. The molecular weight excluding hydrogens is 208 g/mol. The zero-order valence-electron chi connectivity index (χ0n) is 12.0. The van der Waals surface area contributed by atoms with Crippen LogP contribution in [0.25, 0.3) is 0 Å². The highest BCUT2D eigenvalue weighted by atomic mass is 16.5. The van der Waals surface area contributed by atoms with E-state index in [0.29, 0.717) is 12.0 Å². The molecule has 1 aliphatic rings. The minimum atomic E-state index is 0.334. The van der Waals surface area contributed by atoms with Crippen LogP contribution in [0.15, 0.2) is 34.9 Å². The molecule has 0 heterocycles. The molecule has 1 aliphatic carbocycles. The van der Waals surface area contributed by atoms with Crippen molar-refractivity contribution >= 4 is 0 Å². The lowest BCUT2D eigenvalue weighted by Crippen LogP contribution is -2.19. The molecule has 96 valence electrons. The highest BCUT2D eigenvalue weighted by Crippen LogP contribution is 2.40. The maximum atomic E-state index is 5.04. The van der Waals surface area contributed by atoms with Crippen molar-refractivity contribution < 1.29 is 4.74 Å². The summed E-state index contributed by atoms with van der Waals surface area (Å²) in [6.45, 7) is 9.79. The molecule has 0 atom stereocenters. The van der Waals surface area contributed by atoms with E-state index in [1.807, 2.05) is 0 Å². The van der Waals surface area contributed by atoms with Gasteiger partial charge in [0.25, 0.3) is 0 Å². The van der Waals surface area contributed by atoms with Crippen LogP contribution in [0.2, 0.25) is 0 Å². The average Bonchev–Trinajstić information content (AvgIpc) is 2.24. The van der Waals surface area contributed by atoms with Gasteiger partial charge in [-0.25, -0.2) is 0 Å². The zero-order chi connectivity index (χ0) is 12.9. The third-order valence-electron chi connectivity index (χ3n) is 3.63. The Morgan fingerprint density at radius 2 is 2.12 bits per heavy atom. The number of methoxy groups -OCH3 is 1. The molecule has 0 saturated heterocycles. The van der Waals surface area contributed by atoms with E-state index in [1.165, 1.54) is 30.4 Å². The Kier molecular flexibility index (Phi) is 5.20. The van der Waals surface area contributed by atoms with Crippen molar-refractivity contribution in [2.45, 2.75) is 47.0 Å². The van der Waals surface area contributed by atoms with Gasteiger partial charge in [0.2, 0.25) is 0 Å². The molecule has 0 aromatic rings. The summed E-state index contributed by atoms with van der Waals surface area (Å²) in [6.07, 6.45) is 10.5. The third kappa shape index (κ3) is 4.16. The summed E-state index contributed by atoms with van der Waals surface area (Å²) < 4.78 is 5.04. The second kappa shape index (κ2) is 6.20. The molecule has 17 heavy (non-hydrogen) atoms. The van der Waals surface area contributed by atoms with Crippen LogP contribution in [0.1, 0.15) is 47.0 Å². The van der Waals surface area contributed by atoms with Crippen molar-refractivity contribution in [2.24, 2.45) is 5.41 Å². The van der Waals surface area contributed by atoms with Crippen LogP contribution >= 0.6 is 0 Å². The van der Waals surface area contributed by atoms with Crippen LogP contribution in [0, 0.1) is 5.41 Å². The summed E-state index contributed by atoms with van der Waals surface area (Å²) in [5.41, 5.74) is 4.68. The fourth-order valence-corrected chi connectivity index (χ4v) is 2.51. The van der Waals surface area contributed by atoms with Crippen molar-refractivity contribution in [3.05, 3.63) is 34.9 Å². The normalized spacial score (nSPS) is 21.4. The van der Waals surface area contributed by atoms with Crippen molar-refractivity contribution in [2.75, 3.05) is 13.7 Å². The van der Waals surface area contributed by atoms with E-state index in [4.69, 9.17) is 4.74 Å². The predicted octanol–water partition coefficient (Wildman–Crippen LogP) is 4.66. The lowest BCUT2D eigenvalue weighted by molar-refractivity contribution is 0.233. The molecule has 1 heteroatoms. The molecule has 0 saturated carbocycles. The van der Waals surface area contributed by atoms with Crippen molar-refractivity contribution in [1.82, 2.24) is 0 Å². The summed E-state index contributed by atoms with van der Waals surface area (Å²) in [5.74, 6) is 0. The Bertz CT molecular complexity index is 343. The molecule has 0 unspecified atom stereocenters. The smallest absolute Gasteiger partial charge is 0.0649 e. The minimum Gasteiger partial charge on any atom is -0.381 e. The van der Waals surface area contributed by atoms with Gasteiger partial charge in [-0.1, -0.05) is 43.2 Å². The molecule has 0 bridgehead atoms. The van der Waals surface area contributed by atoms with Crippen LogP contribution in [0.3, 0.4) is 0 Å². The fourth-order valence-electron chi connectivity index (χ4n) is 2.51. The fraction of sp³-hybridized carbons (Fsp3) is 0.625. The van der Waals surface area contributed by atoms with Crippen LogP contribution in [-0.2, 0) is 4.74 Å². The van der Waals surface area contributed by atoms with E-state index in [1.54, 1.807) is 12.7 Å². The number of ether oxygens (including phenoxy) is 1.